The van der Waals surface area contributed by atoms with Crippen molar-refractivity contribution in [3.63, 3.8) is 0 Å². The van der Waals surface area contributed by atoms with Crippen LogP contribution in [-0.4, -0.2) is 36.2 Å². The number of nitrogens with one attached hydrogen (secondary N) is 1. The van der Waals surface area contributed by atoms with Crippen LogP contribution in [-0.2, 0) is 9.59 Å². The lowest BCUT2D eigenvalue weighted by Gasteiger charge is -2.24. The lowest BCUT2D eigenvalue weighted by Crippen LogP contribution is -2.53. The number of methoxy groups -OCH3 is 1. The van der Waals surface area contributed by atoms with E-state index < -0.39 is 17.4 Å². The molecule has 1 rings (SSSR count). The number of hydrogen-bond donors (Lipinski definition) is 2. The highest BCUT2D eigenvalue weighted by molar-refractivity contribution is 5.87. The Labute approximate surface area is 128 Å². The quantitative estimate of drug-likeness (QED) is 0.786. The molecule has 7 heteroatoms. The minimum atomic E-state index is -1.34. The molecule has 0 saturated heterocycles. The lowest BCUT2D eigenvalue weighted by molar-refractivity contribution is -0.147. The number of amides is 1. The van der Waals surface area contributed by atoms with Crippen LogP contribution < -0.4 is 14.8 Å². The van der Waals surface area contributed by atoms with E-state index in [4.69, 9.17) is 19.8 Å². The molecule has 2 N–H and O–H groups in total. The third-order valence-electron chi connectivity index (χ3n) is 3.25. The van der Waals surface area contributed by atoms with Crippen molar-refractivity contribution < 1.29 is 24.2 Å². The molecule has 0 aliphatic rings. The number of nitrogens with zero attached hydrogens (tertiary/aromatic N) is 1. The SMILES string of the molecule is CCC(C)(NC(=O)COc1ccc(C#N)cc1OC)C(=O)O. The van der Waals surface area contributed by atoms with Crippen molar-refractivity contribution in [1.29, 1.82) is 5.26 Å². The van der Waals surface area contributed by atoms with E-state index in [9.17, 15) is 9.59 Å². The van der Waals surface area contributed by atoms with Gasteiger partial charge in [-0.3, -0.25) is 4.79 Å². The summed E-state index contributed by atoms with van der Waals surface area (Å²) in [7, 11) is 1.42. The van der Waals surface area contributed by atoms with Crippen molar-refractivity contribution in [1.82, 2.24) is 5.32 Å². The van der Waals surface area contributed by atoms with Gasteiger partial charge in [-0.1, -0.05) is 6.92 Å². The Bertz CT molecular complexity index is 608. The first-order chi connectivity index (χ1) is 10.4. The molecule has 0 bridgehead atoms. The minimum absolute atomic E-state index is 0.244. The van der Waals surface area contributed by atoms with Crippen LogP contribution in [0.15, 0.2) is 18.2 Å². The van der Waals surface area contributed by atoms with Gasteiger partial charge in [0.25, 0.3) is 5.91 Å². The third kappa shape index (κ3) is 4.12. The predicted molar refractivity (Wildman–Crippen MR) is 77.7 cm³/mol. The number of hydrogen-bond acceptors (Lipinski definition) is 5. The second kappa shape index (κ2) is 7.31. The average molecular weight is 306 g/mol. The van der Waals surface area contributed by atoms with Gasteiger partial charge >= 0.3 is 5.97 Å². The summed E-state index contributed by atoms with van der Waals surface area (Å²) in [5.74, 6) is -1.05. The van der Waals surface area contributed by atoms with Crippen molar-refractivity contribution in [2.75, 3.05) is 13.7 Å². The Morgan fingerprint density at radius 3 is 2.59 bits per heavy atom. The molecule has 0 aromatic heterocycles. The molecule has 0 heterocycles. The van der Waals surface area contributed by atoms with Gasteiger partial charge in [-0.2, -0.15) is 5.26 Å². The largest absolute Gasteiger partial charge is 0.493 e. The number of ether oxygens (including phenoxy) is 2. The number of carbonyl (C=O) groups excluding carboxylic acids is 1. The molecule has 1 unspecified atom stereocenters. The van der Waals surface area contributed by atoms with Gasteiger partial charge in [-0.15, -0.1) is 0 Å². The van der Waals surface area contributed by atoms with E-state index in [0.717, 1.165) is 0 Å². The Morgan fingerprint density at radius 1 is 1.41 bits per heavy atom. The minimum Gasteiger partial charge on any atom is -0.493 e. The molecule has 7 nitrogen and oxygen atoms in total. The van der Waals surface area contributed by atoms with E-state index >= 15 is 0 Å². The zero-order chi connectivity index (χ0) is 16.8. The molecule has 0 saturated carbocycles. The summed E-state index contributed by atoms with van der Waals surface area (Å²) < 4.78 is 10.4. The fourth-order valence-corrected chi connectivity index (χ4v) is 1.64. The first kappa shape index (κ1) is 17.3. The van der Waals surface area contributed by atoms with Crippen LogP contribution in [0.3, 0.4) is 0 Å². The van der Waals surface area contributed by atoms with Crippen LogP contribution in [0.1, 0.15) is 25.8 Å². The maximum atomic E-state index is 11.8. The lowest BCUT2D eigenvalue weighted by atomic mass is 9.99. The number of rotatable bonds is 7. The molecule has 1 amide bonds. The van der Waals surface area contributed by atoms with Gasteiger partial charge in [0.2, 0.25) is 0 Å². The summed E-state index contributed by atoms with van der Waals surface area (Å²) >= 11 is 0. The topological polar surface area (TPSA) is 109 Å². The van der Waals surface area contributed by atoms with Crippen molar-refractivity contribution >= 4 is 11.9 Å². The molecule has 118 valence electrons. The van der Waals surface area contributed by atoms with Gasteiger partial charge in [-0.05, 0) is 25.5 Å². The Morgan fingerprint density at radius 2 is 2.09 bits per heavy atom. The molecule has 1 atom stereocenters. The maximum absolute atomic E-state index is 11.8. The van der Waals surface area contributed by atoms with Crippen LogP contribution in [0, 0.1) is 11.3 Å². The highest BCUT2D eigenvalue weighted by atomic mass is 16.5. The van der Waals surface area contributed by atoms with Crippen LogP contribution in [0.2, 0.25) is 0 Å². The van der Waals surface area contributed by atoms with Crippen molar-refractivity contribution in [2.45, 2.75) is 25.8 Å². The maximum Gasteiger partial charge on any atom is 0.329 e. The fourth-order valence-electron chi connectivity index (χ4n) is 1.64. The van der Waals surface area contributed by atoms with Crippen molar-refractivity contribution in [3.05, 3.63) is 23.8 Å². The molecule has 1 aromatic carbocycles. The highest BCUT2D eigenvalue weighted by Gasteiger charge is 2.32. The number of benzene rings is 1. The number of carbonyl (C=O) groups is 2. The first-order valence-corrected chi connectivity index (χ1v) is 6.61. The van der Waals surface area contributed by atoms with Crippen molar-refractivity contribution in [2.24, 2.45) is 0 Å². The number of carboxylic acid groups (broad SMARTS) is 1. The van der Waals surface area contributed by atoms with Crippen LogP contribution in [0.4, 0.5) is 0 Å². The zero-order valence-electron chi connectivity index (χ0n) is 12.7. The summed E-state index contributed by atoms with van der Waals surface area (Å²) in [6, 6.07) is 6.50. The van der Waals surface area contributed by atoms with Crippen molar-refractivity contribution in [3.8, 4) is 17.6 Å². The summed E-state index contributed by atoms with van der Waals surface area (Å²) in [4.78, 5) is 23.0. The third-order valence-corrected chi connectivity index (χ3v) is 3.25. The molecule has 0 aliphatic carbocycles. The molecule has 0 radical (unpaired) electrons. The number of nitriles is 1. The molecule has 22 heavy (non-hydrogen) atoms. The van der Waals surface area contributed by atoms with Crippen LogP contribution in [0.5, 0.6) is 11.5 Å². The number of aliphatic carboxylic acids is 1. The summed E-state index contributed by atoms with van der Waals surface area (Å²) in [6.07, 6.45) is 0.244. The van der Waals surface area contributed by atoms with E-state index in [1.54, 1.807) is 6.92 Å². The zero-order valence-corrected chi connectivity index (χ0v) is 12.7. The van der Waals surface area contributed by atoms with Crippen LogP contribution in [0.25, 0.3) is 0 Å². The van der Waals surface area contributed by atoms with E-state index in [1.807, 2.05) is 6.07 Å². The van der Waals surface area contributed by atoms with E-state index in [0.29, 0.717) is 17.1 Å². The Hall–Kier alpha value is -2.75. The highest BCUT2D eigenvalue weighted by Crippen LogP contribution is 2.27. The van der Waals surface area contributed by atoms with E-state index in [1.165, 1.54) is 32.2 Å². The standard InChI is InChI=1S/C15H18N2O5/c1-4-15(2,14(19)20)17-13(18)9-22-11-6-5-10(8-16)7-12(11)21-3/h5-7H,4,9H2,1-3H3,(H,17,18)(H,19,20). The smallest absolute Gasteiger partial charge is 0.329 e. The molecule has 0 aliphatic heterocycles. The molecular weight excluding hydrogens is 288 g/mol. The monoisotopic (exact) mass is 306 g/mol. The van der Waals surface area contributed by atoms with E-state index in [2.05, 4.69) is 5.32 Å². The van der Waals surface area contributed by atoms with Gasteiger partial charge in [-0.25, -0.2) is 4.79 Å². The normalized spacial score (nSPS) is 12.6. The second-order valence-electron chi connectivity index (χ2n) is 4.81. The Kier molecular flexibility index (Phi) is 5.75. The molecule has 1 aromatic rings. The Balaban J connectivity index is 2.73. The van der Waals surface area contributed by atoms with Gasteiger partial charge < -0.3 is 19.9 Å². The van der Waals surface area contributed by atoms with Gasteiger partial charge in [0.1, 0.15) is 5.54 Å². The van der Waals surface area contributed by atoms with Gasteiger partial charge in [0.05, 0.1) is 18.7 Å². The predicted octanol–water partition coefficient (Wildman–Crippen LogP) is 1.32. The summed E-state index contributed by atoms with van der Waals surface area (Å²) in [5.41, 5.74) is -0.937. The van der Waals surface area contributed by atoms with Gasteiger partial charge in [0, 0.05) is 6.07 Å². The second-order valence-corrected chi connectivity index (χ2v) is 4.81. The summed E-state index contributed by atoms with van der Waals surface area (Å²) in [5, 5.41) is 20.3. The molecule has 0 spiro atoms. The van der Waals surface area contributed by atoms with E-state index in [-0.39, 0.29) is 13.0 Å². The summed E-state index contributed by atoms with van der Waals surface area (Å²) in [6.45, 7) is 2.74. The molecule has 0 fully saturated rings. The average Bonchev–Trinajstić information content (AvgIpc) is 2.52. The fraction of sp³-hybridized carbons (Fsp3) is 0.400. The number of carboxylic acids is 1. The molecular formula is C15H18N2O5. The first-order valence-electron chi connectivity index (χ1n) is 6.61. The van der Waals surface area contributed by atoms with Crippen LogP contribution >= 0.6 is 0 Å². The van der Waals surface area contributed by atoms with Gasteiger partial charge in [0.15, 0.2) is 18.1 Å².